The number of carbonyl (C=O) groups excluding carboxylic acids is 3. The van der Waals surface area contributed by atoms with E-state index in [0.29, 0.717) is 12.8 Å². The van der Waals surface area contributed by atoms with E-state index < -0.39 is 17.9 Å². The molecule has 0 N–H and O–H groups in total. The summed E-state index contributed by atoms with van der Waals surface area (Å²) in [4.78, 5) is 38.5. The minimum Gasteiger partial charge on any atom is -0.462 e. The number of ether oxygens (including phenoxy) is 3. The molecule has 0 aliphatic carbocycles. The first-order valence-corrected chi connectivity index (χ1v) is 15.6. The van der Waals surface area contributed by atoms with E-state index in [0.717, 1.165) is 36.8 Å². The molecule has 0 saturated carbocycles. The zero-order valence-corrected chi connectivity index (χ0v) is 25.2. The fourth-order valence-electron chi connectivity index (χ4n) is 4.71. The van der Waals surface area contributed by atoms with Crippen LogP contribution in [-0.2, 0) is 41.8 Å². The van der Waals surface area contributed by atoms with E-state index in [4.69, 9.17) is 14.2 Å². The molecule has 6 nitrogen and oxygen atoms in total. The first-order valence-electron chi connectivity index (χ1n) is 15.6. The van der Waals surface area contributed by atoms with Crippen LogP contribution < -0.4 is 0 Å². The third-order valence-electron chi connectivity index (χ3n) is 7.20. The van der Waals surface area contributed by atoms with E-state index in [9.17, 15) is 14.4 Å². The summed E-state index contributed by atoms with van der Waals surface area (Å²) < 4.78 is 16.8. The zero-order chi connectivity index (χ0) is 29.5. The highest BCUT2D eigenvalue weighted by Gasteiger charge is 2.29. The molecule has 0 aromatic heterocycles. The number of rotatable bonds is 22. The highest BCUT2D eigenvalue weighted by Crippen LogP contribution is 2.19. The average Bonchev–Trinajstić information content (AvgIpc) is 3.00. The Morgan fingerprint density at radius 2 is 1.05 bits per heavy atom. The van der Waals surface area contributed by atoms with E-state index in [1.54, 1.807) is 0 Å². The molecule has 41 heavy (non-hydrogen) atoms. The molecule has 226 valence electrons. The van der Waals surface area contributed by atoms with Crippen molar-refractivity contribution in [3.8, 4) is 0 Å². The molecule has 0 heterocycles. The van der Waals surface area contributed by atoms with Crippen LogP contribution in [0.5, 0.6) is 0 Å². The molecule has 0 unspecified atom stereocenters. The fourth-order valence-corrected chi connectivity index (χ4v) is 4.71. The third kappa shape index (κ3) is 15.4. The van der Waals surface area contributed by atoms with Gasteiger partial charge in [0, 0.05) is 6.42 Å². The minimum absolute atomic E-state index is 0.0233. The molecule has 6 heteroatoms. The number of esters is 3. The second-order valence-electron chi connectivity index (χ2n) is 10.8. The van der Waals surface area contributed by atoms with Crippen molar-refractivity contribution in [2.24, 2.45) is 5.92 Å². The first kappa shape index (κ1) is 34.1. The molecule has 2 aromatic carbocycles. The predicted molar refractivity (Wildman–Crippen MR) is 162 cm³/mol. The van der Waals surface area contributed by atoms with Gasteiger partial charge in [0.05, 0.1) is 0 Å². The Bertz CT molecular complexity index is 907. The Balaban J connectivity index is 1.85. The smallest absolute Gasteiger partial charge is 0.320 e. The third-order valence-corrected chi connectivity index (χ3v) is 7.20. The van der Waals surface area contributed by atoms with Crippen molar-refractivity contribution in [3.05, 3.63) is 71.8 Å². The van der Waals surface area contributed by atoms with Crippen molar-refractivity contribution in [2.75, 3.05) is 0 Å². The van der Waals surface area contributed by atoms with Crippen molar-refractivity contribution in [3.63, 3.8) is 0 Å². The van der Waals surface area contributed by atoms with Gasteiger partial charge in [-0.2, -0.15) is 0 Å². The molecule has 0 amide bonds. The van der Waals surface area contributed by atoms with Crippen LogP contribution in [0.2, 0.25) is 0 Å². The number of unbranched alkanes of at least 4 members (excludes halogenated alkanes) is 7. The average molecular weight is 567 g/mol. The highest BCUT2D eigenvalue weighted by atomic mass is 16.6. The molecule has 0 spiro atoms. The molecule has 0 bridgehead atoms. The standard InChI is InChI=1S/C35H50O6/c1-3-5-7-15-23-31(24-16-8-6-4-2)41-33(36)26-18-17-25-32(34(37)39-27-29-19-11-9-12-20-29)35(38)40-28-30-21-13-10-14-22-30/h9-14,19-22,31-32H,3-8,15-18,23-28H2,1-2H3. The van der Waals surface area contributed by atoms with Crippen molar-refractivity contribution in [1.29, 1.82) is 0 Å². The summed E-state index contributed by atoms with van der Waals surface area (Å²) in [6.45, 7) is 4.57. The maximum absolute atomic E-state index is 12.9. The molecule has 0 radical (unpaired) electrons. The number of carbonyl (C=O) groups is 3. The SMILES string of the molecule is CCCCCCC(CCCCCC)OC(=O)CCCCC(C(=O)OCc1ccccc1)C(=O)OCc1ccccc1. The topological polar surface area (TPSA) is 78.9 Å². The lowest BCUT2D eigenvalue weighted by atomic mass is 10.0. The summed E-state index contributed by atoms with van der Waals surface area (Å²) in [5, 5.41) is 0. The Kier molecular flexibility index (Phi) is 17.9. The highest BCUT2D eigenvalue weighted by molar-refractivity contribution is 5.94. The van der Waals surface area contributed by atoms with E-state index in [-0.39, 0.29) is 38.1 Å². The van der Waals surface area contributed by atoms with Gasteiger partial charge in [0.2, 0.25) is 0 Å². The molecule has 0 atom stereocenters. The molecular formula is C35H50O6. The monoisotopic (exact) mass is 566 g/mol. The molecular weight excluding hydrogens is 516 g/mol. The maximum atomic E-state index is 12.9. The van der Waals surface area contributed by atoms with Crippen molar-refractivity contribution < 1.29 is 28.6 Å². The van der Waals surface area contributed by atoms with E-state index in [1.165, 1.54) is 38.5 Å². The van der Waals surface area contributed by atoms with Crippen LogP contribution in [0.15, 0.2) is 60.7 Å². The summed E-state index contributed by atoms with van der Waals surface area (Å²) in [6, 6.07) is 18.7. The summed E-state index contributed by atoms with van der Waals surface area (Å²) in [6.07, 6.45) is 12.7. The number of benzene rings is 2. The van der Waals surface area contributed by atoms with Gasteiger partial charge >= 0.3 is 17.9 Å². The largest absolute Gasteiger partial charge is 0.462 e. The van der Waals surface area contributed by atoms with Crippen molar-refractivity contribution in [2.45, 2.75) is 123 Å². The molecule has 0 aliphatic heterocycles. The van der Waals surface area contributed by atoms with Crippen LogP contribution in [0.1, 0.15) is 115 Å². The van der Waals surface area contributed by atoms with Gasteiger partial charge in [0.15, 0.2) is 5.92 Å². The quantitative estimate of drug-likeness (QED) is 0.0615. The van der Waals surface area contributed by atoms with E-state index in [2.05, 4.69) is 13.8 Å². The number of hydrogen-bond donors (Lipinski definition) is 0. The van der Waals surface area contributed by atoms with E-state index in [1.807, 2.05) is 60.7 Å². The van der Waals surface area contributed by atoms with Crippen LogP contribution in [0.4, 0.5) is 0 Å². The first-order chi connectivity index (χ1) is 20.0. The molecule has 2 rings (SSSR count). The maximum Gasteiger partial charge on any atom is 0.320 e. The summed E-state index contributed by atoms with van der Waals surface area (Å²) in [5.41, 5.74) is 1.69. The van der Waals surface area contributed by atoms with Crippen LogP contribution in [-0.4, -0.2) is 24.0 Å². The normalized spacial score (nSPS) is 11.0. The van der Waals surface area contributed by atoms with Crippen molar-refractivity contribution in [1.82, 2.24) is 0 Å². The predicted octanol–water partition coefficient (Wildman–Crippen LogP) is 8.50. The van der Waals surface area contributed by atoms with Gasteiger partial charge in [-0.15, -0.1) is 0 Å². The van der Waals surface area contributed by atoms with E-state index >= 15 is 0 Å². The van der Waals surface area contributed by atoms with Crippen LogP contribution in [0, 0.1) is 5.92 Å². The van der Waals surface area contributed by atoms with Gasteiger partial charge in [0.25, 0.3) is 0 Å². The van der Waals surface area contributed by atoms with Gasteiger partial charge < -0.3 is 14.2 Å². The second-order valence-corrected chi connectivity index (χ2v) is 10.8. The fraction of sp³-hybridized carbons (Fsp3) is 0.571. The summed E-state index contributed by atoms with van der Waals surface area (Å²) >= 11 is 0. The molecule has 0 fully saturated rings. The zero-order valence-electron chi connectivity index (χ0n) is 25.2. The molecule has 0 aliphatic rings. The van der Waals surface area contributed by atoms with Gasteiger partial charge in [-0.05, 0) is 49.7 Å². The Morgan fingerprint density at radius 1 is 0.585 bits per heavy atom. The van der Waals surface area contributed by atoms with Crippen molar-refractivity contribution >= 4 is 17.9 Å². The van der Waals surface area contributed by atoms with Crippen LogP contribution in [0.3, 0.4) is 0 Å². The Hall–Kier alpha value is -3.15. The lowest BCUT2D eigenvalue weighted by Crippen LogP contribution is -2.28. The van der Waals surface area contributed by atoms with Gasteiger partial charge in [-0.25, -0.2) is 0 Å². The second kappa shape index (κ2) is 21.6. The van der Waals surface area contributed by atoms with Crippen LogP contribution >= 0.6 is 0 Å². The summed E-state index contributed by atoms with van der Waals surface area (Å²) in [5.74, 6) is -2.44. The summed E-state index contributed by atoms with van der Waals surface area (Å²) in [7, 11) is 0. The lowest BCUT2D eigenvalue weighted by Gasteiger charge is -2.18. The van der Waals surface area contributed by atoms with Crippen LogP contribution in [0.25, 0.3) is 0 Å². The minimum atomic E-state index is -1.04. The Morgan fingerprint density at radius 3 is 1.51 bits per heavy atom. The van der Waals surface area contributed by atoms with Gasteiger partial charge in [-0.3, -0.25) is 14.4 Å². The molecule has 2 aromatic rings. The van der Waals surface area contributed by atoms with Gasteiger partial charge in [-0.1, -0.05) is 119 Å². The molecule has 0 saturated heterocycles. The van der Waals surface area contributed by atoms with Gasteiger partial charge in [0.1, 0.15) is 19.3 Å². The Labute approximate surface area is 247 Å². The lowest BCUT2D eigenvalue weighted by molar-refractivity contribution is -0.164. The number of hydrogen-bond acceptors (Lipinski definition) is 6.